The summed E-state index contributed by atoms with van der Waals surface area (Å²) in [6.45, 7) is 3.98. The first-order valence-corrected chi connectivity index (χ1v) is 11.5. The van der Waals surface area contributed by atoms with Gasteiger partial charge in [0.1, 0.15) is 18.1 Å². The van der Waals surface area contributed by atoms with Crippen molar-refractivity contribution in [1.82, 2.24) is 15.2 Å². The van der Waals surface area contributed by atoms with Crippen molar-refractivity contribution in [3.63, 3.8) is 0 Å². The summed E-state index contributed by atoms with van der Waals surface area (Å²) in [5, 5.41) is 5.05. The number of rotatable bonds is 9. The molecule has 0 saturated carbocycles. The van der Waals surface area contributed by atoms with Gasteiger partial charge in [-0.3, -0.25) is 9.69 Å². The fourth-order valence-electron chi connectivity index (χ4n) is 3.63. The number of nitrogens with zero attached hydrogens (tertiary/aromatic N) is 2. The van der Waals surface area contributed by atoms with E-state index in [1.807, 2.05) is 29.6 Å². The van der Waals surface area contributed by atoms with Gasteiger partial charge in [-0.25, -0.2) is 4.98 Å². The van der Waals surface area contributed by atoms with Crippen LogP contribution in [0, 0.1) is 0 Å². The average molecular weight is 454 g/mol. The molecule has 8 heteroatoms. The molecule has 1 amide bonds. The van der Waals surface area contributed by atoms with Gasteiger partial charge in [0.2, 0.25) is 0 Å². The second kappa shape index (κ2) is 11.1. The molecule has 0 bridgehead atoms. The highest BCUT2D eigenvalue weighted by molar-refractivity contribution is 7.07. The molecule has 1 saturated heterocycles. The van der Waals surface area contributed by atoms with Crippen molar-refractivity contribution in [2.24, 2.45) is 0 Å². The first-order valence-electron chi connectivity index (χ1n) is 10.6. The van der Waals surface area contributed by atoms with Crippen molar-refractivity contribution in [3.05, 3.63) is 76.2 Å². The fraction of sp³-hybridized carbons (Fsp3) is 0.333. The maximum atomic E-state index is 12.8. The third-order valence-electron chi connectivity index (χ3n) is 5.43. The van der Waals surface area contributed by atoms with E-state index < -0.39 is 0 Å². The Hall–Kier alpha value is -2.94. The molecule has 3 aromatic rings. The predicted octanol–water partition coefficient (Wildman–Crippen LogP) is 3.53. The highest BCUT2D eigenvalue weighted by Gasteiger charge is 2.23. The summed E-state index contributed by atoms with van der Waals surface area (Å²) in [6.07, 6.45) is 0. The van der Waals surface area contributed by atoms with Gasteiger partial charge in [-0.15, -0.1) is 11.3 Å². The largest absolute Gasteiger partial charge is 0.497 e. The number of carbonyl (C=O) groups is 1. The number of nitrogens with one attached hydrogen (secondary N) is 1. The van der Waals surface area contributed by atoms with Crippen molar-refractivity contribution >= 4 is 17.2 Å². The van der Waals surface area contributed by atoms with Crippen molar-refractivity contribution in [3.8, 4) is 11.5 Å². The van der Waals surface area contributed by atoms with E-state index in [1.54, 1.807) is 24.8 Å². The molecule has 1 aliphatic rings. The van der Waals surface area contributed by atoms with E-state index in [0.29, 0.717) is 37.7 Å². The Labute approximate surface area is 191 Å². The number of carbonyl (C=O) groups excluding carboxylic acids is 1. The standard InChI is InChI=1S/C24H27N3O4S/c1-29-21-6-2-18(3-7-21)23(27-10-12-30-13-11-27)14-25-24(28)19-4-8-22(9-5-19)31-15-20-16-32-17-26-20/h2-9,16-17,23H,10-15H2,1H3,(H,25,28). The number of hydrogen-bond donors (Lipinski definition) is 1. The minimum Gasteiger partial charge on any atom is -0.497 e. The zero-order valence-electron chi connectivity index (χ0n) is 18.0. The number of thiazole rings is 1. The van der Waals surface area contributed by atoms with E-state index in [4.69, 9.17) is 14.2 Å². The van der Waals surface area contributed by atoms with Gasteiger partial charge >= 0.3 is 0 Å². The van der Waals surface area contributed by atoms with E-state index >= 15 is 0 Å². The minimum absolute atomic E-state index is 0.0643. The van der Waals surface area contributed by atoms with Gasteiger partial charge in [0, 0.05) is 30.6 Å². The lowest BCUT2D eigenvalue weighted by Crippen LogP contribution is -2.43. The first kappa shape index (κ1) is 22.3. The highest BCUT2D eigenvalue weighted by atomic mass is 32.1. The molecule has 0 aliphatic carbocycles. The van der Waals surface area contributed by atoms with Crippen molar-refractivity contribution < 1.29 is 19.0 Å². The minimum atomic E-state index is -0.108. The molecule has 7 nitrogen and oxygen atoms in total. The maximum absolute atomic E-state index is 12.8. The second-order valence-electron chi connectivity index (χ2n) is 7.44. The molecule has 1 aliphatic heterocycles. The van der Waals surface area contributed by atoms with Crippen LogP contribution in [0.15, 0.2) is 59.4 Å². The Morgan fingerprint density at radius 1 is 1.12 bits per heavy atom. The van der Waals surface area contributed by atoms with Crippen LogP contribution >= 0.6 is 11.3 Å². The number of benzene rings is 2. The summed E-state index contributed by atoms with van der Waals surface area (Å²) in [7, 11) is 1.66. The first-order chi connectivity index (χ1) is 15.7. The van der Waals surface area contributed by atoms with Gasteiger partial charge in [-0.05, 0) is 42.0 Å². The normalized spacial score (nSPS) is 15.2. The van der Waals surface area contributed by atoms with Gasteiger partial charge in [-0.2, -0.15) is 0 Å². The molecule has 0 radical (unpaired) electrons. The Balaban J connectivity index is 1.37. The lowest BCUT2D eigenvalue weighted by Gasteiger charge is -2.35. The van der Waals surface area contributed by atoms with Crippen LogP contribution in [0.4, 0.5) is 0 Å². The summed E-state index contributed by atoms with van der Waals surface area (Å²) < 4.78 is 16.5. The Morgan fingerprint density at radius 2 is 1.84 bits per heavy atom. The van der Waals surface area contributed by atoms with Crippen LogP contribution in [0.1, 0.15) is 27.7 Å². The molecule has 0 spiro atoms. The van der Waals surface area contributed by atoms with Crippen LogP contribution in [-0.2, 0) is 11.3 Å². The quantitative estimate of drug-likeness (QED) is 0.534. The van der Waals surface area contributed by atoms with Crippen LogP contribution < -0.4 is 14.8 Å². The molecule has 4 rings (SSSR count). The van der Waals surface area contributed by atoms with Gasteiger partial charge in [0.05, 0.1) is 37.6 Å². The molecule has 1 fully saturated rings. The van der Waals surface area contributed by atoms with Crippen LogP contribution in [0.2, 0.25) is 0 Å². The zero-order valence-corrected chi connectivity index (χ0v) is 18.8. The number of methoxy groups -OCH3 is 1. The molecule has 1 N–H and O–H groups in total. The van der Waals surface area contributed by atoms with E-state index in [1.165, 1.54) is 11.3 Å². The number of aromatic nitrogens is 1. The number of ether oxygens (including phenoxy) is 3. The Bertz CT molecular complexity index is 971. The zero-order chi connectivity index (χ0) is 22.2. The third-order valence-corrected chi connectivity index (χ3v) is 6.06. The maximum Gasteiger partial charge on any atom is 0.251 e. The average Bonchev–Trinajstić information content (AvgIpc) is 3.38. The smallest absolute Gasteiger partial charge is 0.251 e. The van der Waals surface area contributed by atoms with Crippen LogP contribution in [0.25, 0.3) is 0 Å². The molecule has 1 atom stereocenters. The lowest BCUT2D eigenvalue weighted by atomic mass is 10.0. The van der Waals surface area contributed by atoms with Gasteiger partial charge in [0.15, 0.2) is 0 Å². The summed E-state index contributed by atoms with van der Waals surface area (Å²) in [5.74, 6) is 1.41. The van der Waals surface area contributed by atoms with Crippen LogP contribution in [0.5, 0.6) is 11.5 Å². The monoisotopic (exact) mass is 453 g/mol. The summed E-state index contributed by atoms with van der Waals surface area (Å²) in [4.78, 5) is 19.3. The molecule has 1 unspecified atom stereocenters. The van der Waals surface area contributed by atoms with Gasteiger partial charge in [-0.1, -0.05) is 12.1 Å². The van der Waals surface area contributed by atoms with E-state index in [9.17, 15) is 4.79 Å². The number of hydrogen-bond acceptors (Lipinski definition) is 7. The van der Waals surface area contributed by atoms with E-state index in [0.717, 1.165) is 30.1 Å². The third kappa shape index (κ3) is 5.85. The summed E-state index contributed by atoms with van der Waals surface area (Å²) in [6, 6.07) is 15.3. The Morgan fingerprint density at radius 3 is 2.50 bits per heavy atom. The van der Waals surface area contributed by atoms with Crippen molar-refractivity contribution in [2.75, 3.05) is 40.0 Å². The molecular weight excluding hydrogens is 426 g/mol. The molecule has 2 aromatic carbocycles. The highest BCUT2D eigenvalue weighted by Crippen LogP contribution is 2.24. The molecule has 1 aromatic heterocycles. The predicted molar refractivity (Wildman–Crippen MR) is 123 cm³/mol. The number of morpholine rings is 1. The van der Waals surface area contributed by atoms with Crippen LogP contribution in [-0.4, -0.2) is 55.7 Å². The van der Waals surface area contributed by atoms with Crippen LogP contribution in [0.3, 0.4) is 0 Å². The molecule has 168 valence electrons. The SMILES string of the molecule is COc1ccc(C(CNC(=O)c2ccc(OCc3cscn3)cc2)N2CCOCC2)cc1. The van der Waals surface area contributed by atoms with E-state index in [2.05, 4.69) is 27.3 Å². The van der Waals surface area contributed by atoms with E-state index in [-0.39, 0.29) is 11.9 Å². The lowest BCUT2D eigenvalue weighted by molar-refractivity contribution is 0.0162. The van der Waals surface area contributed by atoms with Gasteiger partial charge < -0.3 is 19.5 Å². The van der Waals surface area contributed by atoms with Crippen molar-refractivity contribution in [2.45, 2.75) is 12.6 Å². The molecular formula is C24H27N3O4S. The summed E-state index contributed by atoms with van der Waals surface area (Å²) in [5.41, 5.74) is 4.41. The number of amides is 1. The topological polar surface area (TPSA) is 72.9 Å². The van der Waals surface area contributed by atoms with Gasteiger partial charge in [0.25, 0.3) is 5.91 Å². The summed E-state index contributed by atoms with van der Waals surface area (Å²) >= 11 is 1.54. The fourth-order valence-corrected chi connectivity index (χ4v) is 4.18. The van der Waals surface area contributed by atoms with Crippen molar-refractivity contribution in [1.29, 1.82) is 0 Å². The Kier molecular flexibility index (Phi) is 7.71. The molecule has 32 heavy (non-hydrogen) atoms. The second-order valence-corrected chi connectivity index (χ2v) is 8.16. The molecule has 2 heterocycles.